The molecule has 0 radical (unpaired) electrons. The first-order valence-corrected chi connectivity index (χ1v) is 9.13. The lowest BCUT2D eigenvalue weighted by atomic mass is 9.85. The van der Waals surface area contributed by atoms with Crippen LogP contribution in [0, 0.1) is 0 Å². The highest BCUT2D eigenvalue weighted by atomic mass is 16.5. The molecule has 1 spiro atoms. The van der Waals surface area contributed by atoms with Crippen LogP contribution >= 0.6 is 0 Å². The van der Waals surface area contributed by atoms with Gasteiger partial charge in [-0.1, -0.05) is 6.07 Å². The van der Waals surface area contributed by atoms with Gasteiger partial charge in [-0.2, -0.15) is 0 Å². The molecule has 1 aromatic rings. The number of piperidine rings is 1. The average Bonchev–Trinajstić information content (AvgIpc) is 2.91. The molecule has 5 nitrogen and oxygen atoms in total. The molecule has 2 fully saturated rings. The number of likely N-dealkylation sites (tertiary alicyclic amines) is 2. The Morgan fingerprint density at radius 3 is 2.79 bits per heavy atom. The molecular formula is C19H29N3O2. The first-order valence-electron chi connectivity index (χ1n) is 9.13. The number of ether oxygens (including phenoxy) is 1. The minimum atomic E-state index is 0.204. The smallest absolute Gasteiger partial charge is 0.228 e. The zero-order valence-electron chi connectivity index (χ0n) is 14.9. The van der Waals surface area contributed by atoms with Crippen LogP contribution in [0.1, 0.15) is 38.3 Å². The molecule has 0 unspecified atom stereocenters. The Morgan fingerprint density at radius 2 is 2.12 bits per heavy atom. The third-order valence-corrected chi connectivity index (χ3v) is 5.86. The summed E-state index contributed by atoms with van der Waals surface area (Å²) >= 11 is 0. The van der Waals surface area contributed by atoms with Gasteiger partial charge in [0.1, 0.15) is 0 Å². The third-order valence-electron chi connectivity index (χ3n) is 5.86. The van der Waals surface area contributed by atoms with E-state index < -0.39 is 0 Å². The number of carbonyl (C=O) groups is 1. The van der Waals surface area contributed by atoms with Gasteiger partial charge in [0.15, 0.2) is 0 Å². The van der Waals surface area contributed by atoms with Crippen molar-refractivity contribution >= 4 is 5.91 Å². The summed E-state index contributed by atoms with van der Waals surface area (Å²) in [4.78, 5) is 21.3. The van der Waals surface area contributed by atoms with Gasteiger partial charge >= 0.3 is 0 Å². The molecule has 132 valence electrons. The van der Waals surface area contributed by atoms with Gasteiger partial charge in [-0.3, -0.25) is 14.7 Å². The Bertz CT molecular complexity index is 541. The highest BCUT2D eigenvalue weighted by Crippen LogP contribution is 2.40. The lowest BCUT2D eigenvalue weighted by Gasteiger charge is -2.45. The number of likely N-dealkylation sites (N-methyl/N-ethyl adjacent to an activating group) is 1. The van der Waals surface area contributed by atoms with Gasteiger partial charge in [0, 0.05) is 43.2 Å². The fourth-order valence-electron chi connectivity index (χ4n) is 4.19. The summed E-state index contributed by atoms with van der Waals surface area (Å²) in [6, 6.07) is 6.27. The number of amides is 1. The minimum absolute atomic E-state index is 0.204. The SMILES string of the molecule is CCOC[C@@H]1CCC2(CCN(C(=O)Cc3ccccn3)CC2)N1C. The highest BCUT2D eigenvalue weighted by molar-refractivity contribution is 5.78. The van der Waals surface area contributed by atoms with E-state index in [1.165, 1.54) is 12.8 Å². The molecule has 1 aromatic heterocycles. The van der Waals surface area contributed by atoms with Crippen molar-refractivity contribution in [3.63, 3.8) is 0 Å². The Labute approximate surface area is 145 Å². The molecule has 0 N–H and O–H groups in total. The van der Waals surface area contributed by atoms with Crippen molar-refractivity contribution < 1.29 is 9.53 Å². The summed E-state index contributed by atoms with van der Waals surface area (Å²) in [6.07, 6.45) is 6.73. The number of rotatable bonds is 5. The lowest BCUT2D eigenvalue weighted by Crippen LogP contribution is -2.54. The molecule has 3 heterocycles. The molecule has 2 aliphatic heterocycles. The molecule has 0 aliphatic carbocycles. The van der Waals surface area contributed by atoms with Crippen molar-refractivity contribution in [1.29, 1.82) is 0 Å². The Balaban J connectivity index is 1.53. The average molecular weight is 331 g/mol. The molecule has 5 heteroatoms. The van der Waals surface area contributed by atoms with Gasteiger partial charge in [0.25, 0.3) is 0 Å². The van der Waals surface area contributed by atoms with Crippen LogP contribution in [0.25, 0.3) is 0 Å². The largest absolute Gasteiger partial charge is 0.380 e. The van der Waals surface area contributed by atoms with Crippen molar-refractivity contribution in [1.82, 2.24) is 14.8 Å². The third kappa shape index (κ3) is 3.62. The van der Waals surface area contributed by atoms with Gasteiger partial charge in [-0.15, -0.1) is 0 Å². The van der Waals surface area contributed by atoms with Gasteiger partial charge in [-0.05, 0) is 51.8 Å². The summed E-state index contributed by atoms with van der Waals surface area (Å²) in [5.41, 5.74) is 1.13. The van der Waals surface area contributed by atoms with E-state index >= 15 is 0 Å². The van der Waals surface area contributed by atoms with Crippen molar-refractivity contribution in [2.24, 2.45) is 0 Å². The van der Waals surface area contributed by atoms with E-state index in [1.807, 2.05) is 23.1 Å². The van der Waals surface area contributed by atoms with E-state index in [1.54, 1.807) is 6.20 Å². The topological polar surface area (TPSA) is 45.7 Å². The Morgan fingerprint density at radius 1 is 1.33 bits per heavy atom. The van der Waals surface area contributed by atoms with Crippen LogP contribution in [0.4, 0.5) is 0 Å². The van der Waals surface area contributed by atoms with E-state index in [0.29, 0.717) is 12.5 Å². The number of hydrogen-bond acceptors (Lipinski definition) is 4. The maximum absolute atomic E-state index is 12.5. The van der Waals surface area contributed by atoms with Crippen molar-refractivity contribution in [3.8, 4) is 0 Å². The molecule has 2 aliphatic rings. The molecule has 0 saturated carbocycles. The molecule has 1 amide bonds. The van der Waals surface area contributed by atoms with Crippen molar-refractivity contribution in [2.45, 2.75) is 50.6 Å². The van der Waals surface area contributed by atoms with E-state index in [4.69, 9.17) is 4.74 Å². The van der Waals surface area contributed by atoms with Crippen LogP contribution in [0.2, 0.25) is 0 Å². The molecule has 2 saturated heterocycles. The second-order valence-electron chi connectivity index (χ2n) is 7.07. The van der Waals surface area contributed by atoms with Crippen LogP contribution < -0.4 is 0 Å². The molecule has 3 rings (SSSR count). The lowest BCUT2D eigenvalue weighted by molar-refractivity contribution is -0.133. The first-order chi connectivity index (χ1) is 11.6. The summed E-state index contributed by atoms with van der Waals surface area (Å²) in [7, 11) is 2.24. The second kappa shape index (κ2) is 7.62. The van der Waals surface area contributed by atoms with Gasteiger partial charge < -0.3 is 9.64 Å². The fourth-order valence-corrected chi connectivity index (χ4v) is 4.19. The van der Waals surface area contributed by atoms with Crippen LogP contribution in [0.15, 0.2) is 24.4 Å². The number of hydrogen-bond donors (Lipinski definition) is 0. The van der Waals surface area contributed by atoms with Gasteiger partial charge in [0.2, 0.25) is 5.91 Å². The summed E-state index contributed by atoms with van der Waals surface area (Å²) in [6.45, 7) is 5.38. The summed E-state index contributed by atoms with van der Waals surface area (Å²) in [5.74, 6) is 0.204. The van der Waals surface area contributed by atoms with Crippen molar-refractivity contribution in [2.75, 3.05) is 33.4 Å². The van der Waals surface area contributed by atoms with Crippen molar-refractivity contribution in [3.05, 3.63) is 30.1 Å². The van der Waals surface area contributed by atoms with E-state index in [9.17, 15) is 4.79 Å². The standard InChI is InChI=1S/C19H29N3O2/c1-3-24-15-17-7-8-19(21(17)2)9-12-22(13-10-19)18(23)14-16-6-4-5-11-20-16/h4-6,11,17H,3,7-10,12-15H2,1-2H3/t17-/m0/s1. The number of carbonyl (C=O) groups excluding carboxylic acids is 1. The molecule has 0 bridgehead atoms. The molecular weight excluding hydrogens is 302 g/mol. The zero-order valence-corrected chi connectivity index (χ0v) is 14.9. The van der Waals surface area contributed by atoms with E-state index in [2.05, 4.69) is 23.9 Å². The van der Waals surface area contributed by atoms with Crippen LogP contribution in [0.5, 0.6) is 0 Å². The summed E-state index contributed by atoms with van der Waals surface area (Å²) < 4.78 is 5.63. The highest BCUT2D eigenvalue weighted by Gasteiger charge is 2.46. The number of nitrogens with zero attached hydrogens (tertiary/aromatic N) is 3. The number of aromatic nitrogens is 1. The van der Waals surface area contributed by atoms with Crippen LogP contribution in [-0.2, 0) is 16.0 Å². The maximum Gasteiger partial charge on any atom is 0.228 e. The Kier molecular flexibility index (Phi) is 5.51. The Hall–Kier alpha value is -1.46. The predicted molar refractivity (Wildman–Crippen MR) is 93.8 cm³/mol. The fraction of sp³-hybridized carbons (Fsp3) is 0.684. The monoisotopic (exact) mass is 331 g/mol. The van der Waals surface area contributed by atoms with E-state index in [-0.39, 0.29) is 11.4 Å². The molecule has 1 atom stereocenters. The minimum Gasteiger partial charge on any atom is -0.380 e. The molecule has 0 aromatic carbocycles. The first kappa shape index (κ1) is 17.4. The number of pyridine rings is 1. The van der Waals surface area contributed by atoms with E-state index in [0.717, 1.165) is 44.8 Å². The van der Waals surface area contributed by atoms with Gasteiger partial charge in [-0.25, -0.2) is 0 Å². The molecule has 24 heavy (non-hydrogen) atoms. The summed E-state index contributed by atoms with van der Waals surface area (Å²) in [5, 5.41) is 0. The van der Waals surface area contributed by atoms with Gasteiger partial charge in [0.05, 0.1) is 13.0 Å². The zero-order chi connectivity index (χ0) is 17.0. The maximum atomic E-state index is 12.5. The predicted octanol–water partition coefficient (Wildman–Crippen LogP) is 2.12. The normalized spacial score (nSPS) is 23.8. The van der Waals surface area contributed by atoms with Crippen LogP contribution in [0.3, 0.4) is 0 Å². The quantitative estimate of drug-likeness (QED) is 0.829. The van der Waals surface area contributed by atoms with Crippen LogP contribution in [-0.4, -0.2) is 65.6 Å². The second-order valence-corrected chi connectivity index (χ2v) is 7.07.